The van der Waals surface area contributed by atoms with E-state index in [1.54, 1.807) is 0 Å². The predicted molar refractivity (Wildman–Crippen MR) is 79.8 cm³/mol. The molecule has 2 rings (SSSR count). The van der Waals surface area contributed by atoms with E-state index in [2.05, 4.69) is 17.6 Å². The molecule has 1 aromatic carbocycles. The number of hydrogen-bond donors (Lipinski definition) is 2. The average Bonchev–Trinajstić information content (AvgIpc) is 2.47. The minimum Gasteiger partial charge on any atom is -0.494 e. The van der Waals surface area contributed by atoms with Gasteiger partial charge in [0.25, 0.3) is 0 Å². The van der Waals surface area contributed by atoms with Crippen molar-refractivity contribution in [3.63, 3.8) is 0 Å². The van der Waals surface area contributed by atoms with Crippen LogP contribution in [0.25, 0.3) is 0 Å². The first kappa shape index (κ1) is 14.9. The summed E-state index contributed by atoms with van der Waals surface area (Å²) in [6.45, 7) is 4.74. The van der Waals surface area contributed by atoms with Gasteiger partial charge in [0.05, 0.1) is 6.61 Å². The Labute approximate surface area is 120 Å². The van der Waals surface area contributed by atoms with Gasteiger partial charge in [0.2, 0.25) is 5.91 Å². The van der Waals surface area contributed by atoms with Gasteiger partial charge in [-0.25, -0.2) is 0 Å². The summed E-state index contributed by atoms with van der Waals surface area (Å²) in [6, 6.07) is 10.0. The maximum absolute atomic E-state index is 11.9. The number of nitrogens with one attached hydrogen (secondary N) is 2. The summed E-state index contributed by atoms with van der Waals surface area (Å²) in [5.41, 5.74) is 0. The number of piperidine rings is 1. The number of para-hydroxylation sites is 1. The highest BCUT2D eigenvalue weighted by Crippen LogP contribution is 2.11. The molecule has 1 aliphatic heterocycles. The second-order valence-corrected chi connectivity index (χ2v) is 5.41. The molecule has 0 bridgehead atoms. The smallest absolute Gasteiger partial charge is 0.220 e. The molecule has 0 spiro atoms. The van der Waals surface area contributed by atoms with Crippen molar-refractivity contribution in [2.75, 3.05) is 19.7 Å². The quantitative estimate of drug-likeness (QED) is 0.781. The van der Waals surface area contributed by atoms with Crippen LogP contribution in [-0.2, 0) is 4.79 Å². The number of amides is 1. The zero-order valence-electron chi connectivity index (χ0n) is 12.1. The summed E-state index contributed by atoms with van der Waals surface area (Å²) in [4.78, 5) is 11.9. The molecule has 1 aromatic rings. The molecule has 1 fully saturated rings. The van der Waals surface area contributed by atoms with Gasteiger partial charge in [-0.3, -0.25) is 4.79 Å². The topological polar surface area (TPSA) is 50.4 Å². The number of carbonyl (C=O) groups excluding carboxylic acids is 1. The van der Waals surface area contributed by atoms with Crippen LogP contribution in [0.4, 0.5) is 0 Å². The number of rotatable bonds is 6. The van der Waals surface area contributed by atoms with Crippen molar-refractivity contribution in [2.45, 2.75) is 32.2 Å². The fourth-order valence-electron chi connectivity index (χ4n) is 2.45. The average molecular weight is 276 g/mol. The Kier molecular flexibility index (Phi) is 5.87. The van der Waals surface area contributed by atoms with Crippen LogP contribution < -0.4 is 15.4 Å². The number of ether oxygens (including phenoxy) is 1. The van der Waals surface area contributed by atoms with Crippen molar-refractivity contribution in [1.29, 1.82) is 0 Å². The SMILES string of the molecule is CC1CNCCC1NC(=O)CCCOc1ccccc1. The van der Waals surface area contributed by atoms with Gasteiger partial charge < -0.3 is 15.4 Å². The van der Waals surface area contributed by atoms with E-state index in [1.807, 2.05) is 30.3 Å². The Morgan fingerprint density at radius 2 is 2.20 bits per heavy atom. The summed E-state index contributed by atoms with van der Waals surface area (Å²) >= 11 is 0. The van der Waals surface area contributed by atoms with Crippen LogP contribution in [-0.4, -0.2) is 31.6 Å². The van der Waals surface area contributed by atoms with Crippen molar-refractivity contribution in [3.8, 4) is 5.75 Å². The summed E-state index contributed by atoms with van der Waals surface area (Å²) in [5, 5.41) is 6.47. The van der Waals surface area contributed by atoms with Gasteiger partial charge in [-0.15, -0.1) is 0 Å². The summed E-state index contributed by atoms with van der Waals surface area (Å²) < 4.78 is 5.58. The number of hydrogen-bond acceptors (Lipinski definition) is 3. The molecule has 110 valence electrons. The molecular weight excluding hydrogens is 252 g/mol. The van der Waals surface area contributed by atoms with Crippen molar-refractivity contribution in [1.82, 2.24) is 10.6 Å². The molecule has 2 unspecified atom stereocenters. The van der Waals surface area contributed by atoms with Gasteiger partial charge in [-0.05, 0) is 44.0 Å². The van der Waals surface area contributed by atoms with Crippen LogP contribution in [0, 0.1) is 5.92 Å². The van der Waals surface area contributed by atoms with E-state index in [1.165, 1.54) is 0 Å². The molecule has 0 radical (unpaired) electrons. The first-order chi connectivity index (χ1) is 9.75. The molecular formula is C16H24N2O2. The predicted octanol–water partition coefficient (Wildman–Crippen LogP) is 1.96. The second kappa shape index (κ2) is 7.90. The Hall–Kier alpha value is -1.55. The lowest BCUT2D eigenvalue weighted by Gasteiger charge is -2.30. The highest BCUT2D eigenvalue weighted by molar-refractivity contribution is 5.76. The van der Waals surface area contributed by atoms with Crippen LogP contribution >= 0.6 is 0 Å². The van der Waals surface area contributed by atoms with E-state index in [4.69, 9.17) is 4.74 Å². The van der Waals surface area contributed by atoms with Crippen molar-refractivity contribution in [2.24, 2.45) is 5.92 Å². The Morgan fingerprint density at radius 1 is 1.40 bits per heavy atom. The van der Waals surface area contributed by atoms with Crippen LogP contribution in [0.2, 0.25) is 0 Å². The standard InChI is InChI=1S/C16H24N2O2/c1-13-12-17-10-9-15(13)18-16(19)8-5-11-20-14-6-3-2-4-7-14/h2-4,6-7,13,15,17H,5,8-12H2,1H3,(H,18,19). The third-order valence-electron chi connectivity index (χ3n) is 3.69. The van der Waals surface area contributed by atoms with Gasteiger partial charge in [0.1, 0.15) is 5.75 Å². The zero-order valence-corrected chi connectivity index (χ0v) is 12.1. The van der Waals surface area contributed by atoms with Crippen LogP contribution in [0.15, 0.2) is 30.3 Å². The highest BCUT2D eigenvalue weighted by Gasteiger charge is 2.22. The summed E-state index contributed by atoms with van der Waals surface area (Å²) in [5.74, 6) is 1.51. The molecule has 2 N–H and O–H groups in total. The molecule has 0 saturated carbocycles. The lowest BCUT2D eigenvalue weighted by atomic mass is 9.95. The van der Waals surface area contributed by atoms with E-state index in [9.17, 15) is 4.79 Å². The molecule has 1 heterocycles. The zero-order chi connectivity index (χ0) is 14.2. The molecule has 1 aliphatic rings. The summed E-state index contributed by atoms with van der Waals surface area (Å²) in [7, 11) is 0. The molecule has 1 amide bonds. The minimum absolute atomic E-state index is 0.139. The lowest BCUT2D eigenvalue weighted by Crippen LogP contribution is -2.48. The Morgan fingerprint density at radius 3 is 2.95 bits per heavy atom. The highest BCUT2D eigenvalue weighted by atomic mass is 16.5. The fraction of sp³-hybridized carbons (Fsp3) is 0.562. The van der Waals surface area contributed by atoms with Gasteiger partial charge in [0.15, 0.2) is 0 Å². The molecule has 20 heavy (non-hydrogen) atoms. The first-order valence-corrected chi connectivity index (χ1v) is 7.43. The van der Waals surface area contributed by atoms with E-state index >= 15 is 0 Å². The third-order valence-corrected chi connectivity index (χ3v) is 3.69. The number of carbonyl (C=O) groups is 1. The maximum atomic E-state index is 11.9. The Balaban J connectivity index is 1.60. The van der Waals surface area contributed by atoms with Crippen LogP contribution in [0.3, 0.4) is 0 Å². The minimum atomic E-state index is 0.139. The summed E-state index contributed by atoms with van der Waals surface area (Å²) in [6.07, 6.45) is 2.30. The molecule has 1 saturated heterocycles. The molecule has 4 nitrogen and oxygen atoms in total. The molecule has 0 aromatic heterocycles. The maximum Gasteiger partial charge on any atom is 0.220 e. The second-order valence-electron chi connectivity index (χ2n) is 5.41. The normalized spacial score (nSPS) is 22.2. The van der Waals surface area contributed by atoms with Crippen LogP contribution in [0.5, 0.6) is 5.75 Å². The lowest BCUT2D eigenvalue weighted by molar-refractivity contribution is -0.122. The van der Waals surface area contributed by atoms with Crippen molar-refractivity contribution < 1.29 is 9.53 Å². The van der Waals surface area contributed by atoms with Gasteiger partial charge >= 0.3 is 0 Å². The van der Waals surface area contributed by atoms with Crippen LogP contribution in [0.1, 0.15) is 26.2 Å². The van der Waals surface area contributed by atoms with E-state index in [0.29, 0.717) is 25.0 Å². The van der Waals surface area contributed by atoms with Gasteiger partial charge in [0, 0.05) is 12.5 Å². The molecule has 0 aliphatic carbocycles. The van der Waals surface area contributed by atoms with E-state index < -0.39 is 0 Å². The molecule has 4 heteroatoms. The van der Waals surface area contributed by atoms with Gasteiger partial charge in [-0.2, -0.15) is 0 Å². The van der Waals surface area contributed by atoms with Gasteiger partial charge in [-0.1, -0.05) is 25.1 Å². The monoisotopic (exact) mass is 276 g/mol. The first-order valence-electron chi connectivity index (χ1n) is 7.43. The number of benzene rings is 1. The van der Waals surface area contributed by atoms with E-state index in [0.717, 1.165) is 31.7 Å². The molecule has 2 atom stereocenters. The fourth-order valence-corrected chi connectivity index (χ4v) is 2.45. The van der Waals surface area contributed by atoms with Crippen molar-refractivity contribution in [3.05, 3.63) is 30.3 Å². The Bertz CT molecular complexity index is 408. The van der Waals surface area contributed by atoms with Crippen molar-refractivity contribution >= 4 is 5.91 Å². The van der Waals surface area contributed by atoms with E-state index in [-0.39, 0.29) is 5.91 Å². The largest absolute Gasteiger partial charge is 0.494 e. The third kappa shape index (κ3) is 4.85.